The monoisotopic (exact) mass is 443 g/mol. The Morgan fingerprint density at radius 2 is 1.42 bits per heavy atom. The summed E-state index contributed by atoms with van der Waals surface area (Å²) in [5.41, 5.74) is 8.90. The highest BCUT2D eigenvalue weighted by atomic mass is 16.6. The second-order valence-corrected chi connectivity index (χ2v) is 8.17. The number of piperazine rings is 1. The zero-order valence-electron chi connectivity index (χ0n) is 18.6. The molecule has 0 aliphatic carbocycles. The van der Waals surface area contributed by atoms with Gasteiger partial charge in [-0.2, -0.15) is 0 Å². The Balaban J connectivity index is 2.41. The number of nitrogens with zero attached hydrogens (tertiary/aromatic N) is 2. The maximum Gasteiger partial charge on any atom is 0.410 e. The van der Waals surface area contributed by atoms with Gasteiger partial charge in [-0.3, -0.25) is 19.8 Å². The molecule has 1 rings (SSSR count). The van der Waals surface area contributed by atoms with Crippen LogP contribution in [-0.2, 0) is 19.1 Å². The summed E-state index contributed by atoms with van der Waals surface area (Å²) in [6.45, 7) is 9.25. The topological polar surface area (TPSA) is 175 Å². The summed E-state index contributed by atoms with van der Waals surface area (Å²) < 4.78 is 5.32. The van der Waals surface area contributed by atoms with Crippen LogP contribution >= 0.6 is 0 Å². The fraction of sp³-hybridized carbons (Fsp3) is 0.722. The number of carbonyl (C=O) groups excluding carboxylic acids is 5. The minimum absolute atomic E-state index is 0.250. The quantitative estimate of drug-likeness (QED) is 0.290. The van der Waals surface area contributed by atoms with Crippen LogP contribution in [0.3, 0.4) is 0 Å². The van der Waals surface area contributed by atoms with Gasteiger partial charge in [0.2, 0.25) is 11.8 Å². The number of hydrogen-bond acceptors (Lipinski definition) is 7. The third-order valence-corrected chi connectivity index (χ3v) is 4.18. The Labute approximate surface area is 181 Å². The Morgan fingerprint density at radius 3 is 1.94 bits per heavy atom. The van der Waals surface area contributed by atoms with Gasteiger partial charge in [0.1, 0.15) is 17.7 Å². The summed E-state index contributed by atoms with van der Waals surface area (Å²) >= 11 is 0. The molecule has 0 aromatic rings. The van der Waals surface area contributed by atoms with Crippen molar-refractivity contribution in [2.75, 3.05) is 32.7 Å². The number of carbonyl (C=O) groups is 5. The molecule has 1 saturated heterocycles. The number of nitrogens with one attached hydrogen (secondary N) is 4. The summed E-state index contributed by atoms with van der Waals surface area (Å²) in [5.74, 6) is -1.79. The molecule has 6 amide bonds. The largest absolute Gasteiger partial charge is 0.444 e. The lowest BCUT2D eigenvalue weighted by Crippen LogP contribution is -2.58. The van der Waals surface area contributed by atoms with E-state index in [0.717, 1.165) is 0 Å². The van der Waals surface area contributed by atoms with Crippen LogP contribution in [-0.4, -0.2) is 90.1 Å². The summed E-state index contributed by atoms with van der Waals surface area (Å²) in [6.07, 6.45) is -0.433. The Kier molecular flexibility index (Phi) is 9.49. The van der Waals surface area contributed by atoms with E-state index in [-0.39, 0.29) is 6.54 Å². The molecular weight excluding hydrogens is 410 g/mol. The van der Waals surface area contributed by atoms with Crippen LogP contribution < -0.4 is 27.2 Å². The summed E-state index contributed by atoms with van der Waals surface area (Å²) in [6, 6.07) is -2.26. The summed E-state index contributed by atoms with van der Waals surface area (Å²) in [7, 11) is 0. The summed E-state index contributed by atoms with van der Waals surface area (Å²) in [4.78, 5) is 62.2. The van der Waals surface area contributed by atoms with Gasteiger partial charge < -0.3 is 30.9 Å². The lowest BCUT2D eigenvalue weighted by atomic mass is 10.2. The van der Waals surface area contributed by atoms with Crippen LogP contribution in [0.15, 0.2) is 0 Å². The second kappa shape index (κ2) is 11.3. The summed E-state index contributed by atoms with van der Waals surface area (Å²) in [5, 5.41) is 5.03. The molecule has 0 unspecified atom stereocenters. The highest BCUT2D eigenvalue weighted by molar-refractivity contribution is 5.91. The van der Waals surface area contributed by atoms with E-state index in [4.69, 9.17) is 10.5 Å². The molecule has 13 heteroatoms. The molecule has 1 aliphatic heterocycles. The highest BCUT2D eigenvalue weighted by Crippen LogP contribution is 2.12. The highest BCUT2D eigenvalue weighted by Gasteiger charge is 2.29. The third-order valence-electron chi connectivity index (χ3n) is 4.18. The molecule has 0 aromatic heterocycles. The van der Waals surface area contributed by atoms with Crippen LogP contribution in [0.2, 0.25) is 0 Å². The lowest BCUT2D eigenvalue weighted by molar-refractivity contribution is -0.130. The van der Waals surface area contributed by atoms with Gasteiger partial charge in [-0.15, -0.1) is 0 Å². The molecule has 176 valence electrons. The number of rotatable bonds is 7. The van der Waals surface area contributed by atoms with Gasteiger partial charge in [0.25, 0.3) is 5.91 Å². The van der Waals surface area contributed by atoms with Gasteiger partial charge in [-0.05, 0) is 34.6 Å². The van der Waals surface area contributed by atoms with Crippen molar-refractivity contribution in [2.24, 2.45) is 5.73 Å². The molecule has 31 heavy (non-hydrogen) atoms. The van der Waals surface area contributed by atoms with Crippen LogP contribution in [0.5, 0.6) is 0 Å². The van der Waals surface area contributed by atoms with Gasteiger partial charge in [-0.1, -0.05) is 0 Å². The molecule has 0 radical (unpaired) electrons. The first-order valence-electron chi connectivity index (χ1n) is 9.95. The number of nitrogens with two attached hydrogens (primary N) is 1. The number of urea groups is 1. The Bertz CT molecular complexity index is 685. The first kappa shape index (κ1) is 25.9. The molecule has 0 aromatic carbocycles. The molecule has 0 saturated carbocycles. The Morgan fingerprint density at radius 1 is 0.903 bits per heavy atom. The number of hydrazine groups is 1. The number of ether oxygens (including phenoxy) is 1. The van der Waals surface area contributed by atoms with E-state index in [1.807, 2.05) is 0 Å². The van der Waals surface area contributed by atoms with Crippen molar-refractivity contribution in [1.82, 2.24) is 31.3 Å². The zero-order valence-corrected chi connectivity index (χ0v) is 18.6. The fourth-order valence-electron chi connectivity index (χ4n) is 2.49. The average Bonchev–Trinajstić information content (AvgIpc) is 2.66. The number of hydrogen-bond donors (Lipinski definition) is 5. The molecule has 0 spiro atoms. The van der Waals surface area contributed by atoms with Crippen LogP contribution in [0.25, 0.3) is 0 Å². The van der Waals surface area contributed by atoms with Gasteiger partial charge in [-0.25, -0.2) is 15.0 Å². The minimum Gasteiger partial charge on any atom is -0.444 e. The van der Waals surface area contributed by atoms with Gasteiger partial charge in [0, 0.05) is 26.2 Å². The van der Waals surface area contributed by atoms with Crippen molar-refractivity contribution in [2.45, 2.75) is 52.3 Å². The van der Waals surface area contributed by atoms with Crippen molar-refractivity contribution in [1.29, 1.82) is 0 Å². The molecule has 13 nitrogen and oxygen atoms in total. The van der Waals surface area contributed by atoms with E-state index in [1.165, 1.54) is 23.6 Å². The van der Waals surface area contributed by atoms with Crippen molar-refractivity contribution in [3.05, 3.63) is 0 Å². The van der Waals surface area contributed by atoms with Crippen LogP contribution in [0.1, 0.15) is 34.6 Å². The van der Waals surface area contributed by atoms with Crippen molar-refractivity contribution >= 4 is 29.8 Å². The molecular formula is C18H33N7O6. The standard InChI is InChI=1S/C18H33N7O6/c1-11(14(27)21-12(2)15(28)23-20-10-13(19)26)22-16(29)24-6-8-25(9-7-24)17(30)31-18(3,4)5/h11-12,20H,6-10H2,1-5H3,(H2,19,26)(H,21,27)(H,22,29)(H,23,28)/t11-,12-/m0/s1. The van der Waals surface area contributed by atoms with Crippen molar-refractivity contribution < 1.29 is 28.7 Å². The molecule has 6 N–H and O–H groups in total. The lowest BCUT2D eigenvalue weighted by Gasteiger charge is -2.36. The van der Waals surface area contributed by atoms with E-state index in [9.17, 15) is 24.0 Å². The zero-order chi connectivity index (χ0) is 23.8. The van der Waals surface area contributed by atoms with Gasteiger partial charge >= 0.3 is 12.1 Å². The molecule has 0 bridgehead atoms. The van der Waals surface area contributed by atoms with Crippen molar-refractivity contribution in [3.8, 4) is 0 Å². The molecule has 1 heterocycles. The van der Waals surface area contributed by atoms with Gasteiger partial charge in [0.15, 0.2) is 0 Å². The molecule has 1 fully saturated rings. The SMILES string of the molecule is C[C@H](NC(=O)[C@H](C)NC(=O)N1CCN(C(=O)OC(C)(C)C)CC1)C(=O)NNCC(N)=O. The van der Waals surface area contributed by atoms with E-state index in [1.54, 1.807) is 20.8 Å². The molecule has 1 aliphatic rings. The average molecular weight is 444 g/mol. The smallest absolute Gasteiger partial charge is 0.410 e. The molecule has 2 atom stereocenters. The van der Waals surface area contributed by atoms with E-state index < -0.39 is 47.5 Å². The maximum atomic E-state index is 12.4. The first-order chi connectivity index (χ1) is 14.3. The van der Waals surface area contributed by atoms with E-state index in [0.29, 0.717) is 26.2 Å². The van der Waals surface area contributed by atoms with Gasteiger partial charge in [0.05, 0.1) is 6.54 Å². The Hall–Kier alpha value is -3.09. The normalized spacial score (nSPS) is 16.0. The maximum absolute atomic E-state index is 12.4. The predicted molar refractivity (Wildman–Crippen MR) is 110 cm³/mol. The number of amides is 6. The minimum atomic E-state index is -0.912. The van der Waals surface area contributed by atoms with E-state index >= 15 is 0 Å². The first-order valence-corrected chi connectivity index (χ1v) is 9.95. The number of primary amides is 1. The fourth-order valence-corrected chi connectivity index (χ4v) is 2.49. The van der Waals surface area contributed by atoms with Crippen LogP contribution in [0.4, 0.5) is 9.59 Å². The third kappa shape index (κ3) is 9.51. The predicted octanol–water partition coefficient (Wildman–Crippen LogP) is -1.75. The van der Waals surface area contributed by atoms with E-state index in [2.05, 4.69) is 21.5 Å². The van der Waals surface area contributed by atoms with Crippen LogP contribution in [0, 0.1) is 0 Å². The second-order valence-electron chi connectivity index (χ2n) is 8.17. The van der Waals surface area contributed by atoms with Crippen molar-refractivity contribution in [3.63, 3.8) is 0 Å².